The predicted octanol–water partition coefficient (Wildman–Crippen LogP) is 3.80. The van der Waals surface area contributed by atoms with Crippen molar-refractivity contribution < 1.29 is 9.50 Å². The van der Waals surface area contributed by atoms with Crippen LogP contribution in [0.2, 0.25) is 0 Å². The van der Waals surface area contributed by atoms with Gasteiger partial charge < -0.3 is 5.11 Å². The zero-order valence-corrected chi connectivity index (χ0v) is 13.7. The number of hydrogen-bond donors (Lipinski definition) is 1. The molecule has 2 nitrogen and oxygen atoms in total. The van der Waals surface area contributed by atoms with Gasteiger partial charge in [-0.1, -0.05) is 56.3 Å². The average Bonchev–Trinajstić information content (AvgIpc) is 2.54. The summed E-state index contributed by atoms with van der Waals surface area (Å²) in [4.78, 5) is 2.39. The summed E-state index contributed by atoms with van der Waals surface area (Å²) in [6, 6.07) is 16.7. The zero-order valence-electron chi connectivity index (χ0n) is 13.7. The van der Waals surface area contributed by atoms with Crippen LogP contribution in [0.15, 0.2) is 54.6 Å². The average molecular weight is 313 g/mol. The van der Waals surface area contributed by atoms with E-state index in [1.807, 2.05) is 6.07 Å². The van der Waals surface area contributed by atoms with Gasteiger partial charge in [0.05, 0.1) is 5.60 Å². The van der Waals surface area contributed by atoms with Gasteiger partial charge in [-0.25, -0.2) is 4.39 Å². The highest BCUT2D eigenvalue weighted by molar-refractivity contribution is 5.26. The molecule has 0 bridgehead atoms. The lowest BCUT2D eigenvalue weighted by atomic mass is 9.70. The van der Waals surface area contributed by atoms with Gasteiger partial charge in [0.15, 0.2) is 0 Å². The summed E-state index contributed by atoms with van der Waals surface area (Å²) >= 11 is 0. The van der Waals surface area contributed by atoms with Crippen LogP contribution >= 0.6 is 0 Å². The topological polar surface area (TPSA) is 23.5 Å². The number of hydrogen-bond acceptors (Lipinski definition) is 2. The van der Waals surface area contributed by atoms with Crippen molar-refractivity contribution in [2.45, 2.75) is 26.0 Å². The maximum atomic E-state index is 13.2. The van der Waals surface area contributed by atoms with E-state index in [2.05, 4.69) is 43.0 Å². The second kappa shape index (κ2) is 6.42. The first-order chi connectivity index (χ1) is 11.0. The minimum absolute atomic E-state index is 0.0837. The molecule has 0 amide bonds. The van der Waals surface area contributed by atoms with Crippen LogP contribution in [-0.4, -0.2) is 23.1 Å². The molecule has 0 radical (unpaired) electrons. The minimum Gasteiger partial charge on any atom is -0.385 e. The third-order valence-electron chi connectivity index (χ3n) is 5.12. The predicted molar refractivity (Wildman–Crippen MR) is 90.3 cm³/mol. The Bertz CT molecular complexity index is 628. The van der Waals surface area contributed by atoms with Gasteiger partial charge in [-0.05, 0) is 23.3 Å². The Labute approximate surface area is 137 Å². The van der Waals surface area contributed by atoms with Crippen molar-refractivity contribution in [2.24, 2.45) is 11.8 Å². The summed E-state index contributed by atoms with van der Waals surface area (Å²) < 4.78 is 13.2. The molecule has 1 saturated heterocycles. The third kappa shape index (κ3) is 3.17. The number of likely N-dealkylation sites (tertiary alicyclic amines) is 1. The molecule has 3 rings (SSSR count). The smallest absolute Gasteiger partial charge is 0.123 e. The van der Waals surface area contributed by atoms with Gasteiger partial charge in [-0.3, -0.25) is 4.90 Å². The molecule has 122 valence electrons. The molecule has 0 aliphatic carbocycles. The molecule has 0 saturated carbocycles. The standard InChI is InChI=1S/C20H24FNO/c1-15-12-22(14-17-6-4-3-5-7-17)13-16(2)20(15,23)18-8-10-19(21)11-9-18/h3-11,15-16,23H,12-14H2,1-2H3/t15-,16+,20-. The van der Waals surface area contributed by atoms with Crippen LogP contribution in [0.25, 0.3) is 0 Å². The highest BCUT2D eigenvalue weighted by Crippen LogP contribution is 2.41. The molecule has 1 heterocycles. The number of halogens is 1. The molecule has 1 N–H and O–H groups in total. The molecule has 1 fully saturated rings. The molecule has 3 atom stereocenters. The number of aliphatic hydroxyl groups is 1. The normalized spacial score (nSPS) is 28.7. The van der Waals surface area contributed by atoms with Gasteiger partial charge in [0.2, 0.25) is 0 Å². The number of benzene rings is 2. The first-order valence-electron chi connectivity index (χ1n) is 8.25. The van der Waals surface area contributed by atoms with Crippen molar-refractivity contribution in [3.8, 4) is 0 Å². The van der Waals surface area contributed by atoms with Gasteiger partial charge >= 0.3 is 0 Å². The fourth-order valence-electron chi connectivity index (χ4n) is 3.87. The maximum absolute atomic E-state index is 13.2. The van der Waals surface area contributed by atoms with Crippen molar-refractivity contribution in [2.75, 3.05) is 13.1 Å². The second-order valence-corrected chi connectivity index (χ2v) is 6.81. The van der Waals surface area contributed by atoms with Crippen molar-refractivity contribution in [1.29, 1.82) is 0 Å². The second-order valence-electron chi connectivity index (χ2n) is 6.81. The summed E-state index contributed by atoms with van der Waals surface area (Å²) in [7, 11) is 0. The summed E-state index contributed by atoms with van der Waals surface area (Å²) in [6.45, 7) is 6.71. The molecular weight excluding hydrogens is 289 g/mol. The highest BCUT2D eigenvalue weighted by atomic mass is 19.1. The van der Waals surface area contributed by atoms with E-state index in [4.69, 9.17) is 0 Å². The van der Waals surface area contributed by atoms with Crippen molar-refractivity contribution in [3.05, 3.63) is 71.5 Å². The fraction of sp³-hybridized carbons (Fsp3) is 0.400. The Morgan fingerprint density at radius 3 is 2.13 bits per heavy atom. The molecule has 1 aliphatic heterocycles. The Morgan fingerprint density at radius 2 is 1.57 bits per heavy atom. The van der Waals surface area contributed by atoms with E-state index < -0.39 is 5.60 Å². The van der Waals surface area contributed by atoms with Crippen LogP contribution in [0, 0.1) is 17.7 Å². The fourth-order valence-corrected chi connectivity index (χ4v) is 3.87. The summed E-state index contributed by atoms with van der Waals surface area (Å²) in [5.74, 6) is -0.0972. The van der Waals surface area contributed by atoms with Crippen LogP contribution in [0.5, 0.6) is 0 Å². The van der Waals surface area contributed by atoms with Crippen LogP contribution in [0.4, 0.5) is 4.39 Å². The molecule has 2 aromatic carbocycles. The van der Waals surface area contributed by atoms with Crippen LogP contribution in [0.1, 0.15) is 25.0 Å². The molecule has 1 aliphatic rings. The summed E-state index contributed by atoms with van der Waals surface area (Å²) in [5, 5.41) is 11.3. The van der Waals surface area contributed by atoms with Crippen LogP contribution in [0.3, 0.4) is 0 Å². The summed E-state index contributed by atoms with van der Waals surface area (Å²) in [5.41, 5.74) is 1.21. The molecule has 3 heteroatoms. The Kier molecular flexibility index (Phi) is 4.51. The van der Waals surface area contributed by atoms with Crippen LogP contribution < -0.4 is 0 Å². The van der Waals surface area contributed by atoms with E-state index in [0.29, 0.717) is 0 Å². The van der Waals surface area contributed by atoms with E-state index in [9.17, 15) is 9.50 Å². The van der Waals surface area contributed by atoms with Crippen molar-refractivity contribution in [1.82, 2.24) is 4.90 Å². The first-order valence-corrected chi connectivity index (χ1v) is 8.25. The van der Waals surface area contributed by atoms with Gasteiger partial charge in [-0.15, -0.1) is 0 Å². The van der Waals surface area contributed by atoms with Crippen molar-refractivity contribution >= 4 is 0 Å². The highest BCUT2D eigenvalue weighted by Gasteiger charge is 2.45. The van der Waals surface area contributed by atoms with Gasteiger partial charge in [0.1, 0.15) is 5.82 Å². The van der Waals surface area contributed by atoms with Crippen LogP contribution in [-0.2, 0) is 12.1 Å². The Morgan fingerprint density at radius 1 is 1.00 bits per heavy atom. The minimum atomic E-state index is -0.902. The molecule has 2 aromatic rings. The quantitative estimate of drug-likeness (QED) is 0.931. The lowest BCUT2D eigenvalue weighted by molar-refractivity contribution is -0.114. The lowest BCUT2D eigenvalue weighted by Gasteiger charge is -2.48. The first kappa shape index (κ1) is 16.2. The van der Waals surface area contributed by atoms with E-state index >= 15 is 0 Å². The van der Waals surface area contributed by atoms with Crippen molar-refractivity contribution in [3.63, 3.8) is 0 Å². The Balaban J connectivity index is 1.78. The summed E-state index contributed by atoms with van der Waals surface area (Å²) in [6.07, 6.45) is 0. The Hall–Kier alpha value is -1.71. The third-order valence-corrected chi connectivity index (χ3v) is 5.12. The number of rotatable bonds is 3. The lowest BCUT2D eigenvalue weighted by Crippen LogP contribution is -2.54. The number of nitrogens with zero attached hydrogens (tertiary/aromatic N) is 1. The monoisotopic (exact) mass is 313 g/mol. The van der Waals surface area contributed by atoms with Gasteiger partial charge in [0, 0.05) is 31.5 Å². The molecule has 0 spiro atoms. The van der Waals surface area contributed by atoms with E-state index in [0.717, 1.165) is 25.2 Å². The molecular formula is C20H24FNO. The van der Waals surface area contributed by atoms with Gasteiger partial charge in [-0.2, -0.15) is 0 Å². The molecule has 23 heavy (non-hydrogen) atoms. The largest absolute Gasteiger partial charge is 0.385 e. The van der Waals surface area contributed by atoms with E-state index in [-0.39, 0.29) is 17.7 Å². The molecule has 0 unspecified atom stereocenters. The van der Waals surface area contributed by atoms with E-state index in [1.165, 1.54) is 17.7 Å². The molecule has 0 aromatic heterocycles. The van der Waals surface area contributed by atoms with Gasteiger partial charge in [0.25, 0.3) is 0 Å². The SMILES string of the molecule is C[C@@H]1CN(Cc2ccccc2)C[C@H](C)[C@@]1(O)c1ccc(F)cc1. The number of piperidine rings is 1. The maximum Gasteiger partial charge on any atom is 0.123 e. The van der Waals surface area contributed by atoms with E-state index in [1.54, 1.807) is 12.1 Å². The zero-order chi connectivity index (χ0) is 16.4.